The maximum atomic E-state index is 13.0. The number of hydrogen-bond acceptors (Lipinski definition) is 4. The Morgan fingerprint density at radius 2 is 1.62 bits per heavy atom. The summed E-state index contributed by atoms with van der Waals surface area (Å²) >= 11 is 0. The van der Waals surface area contributed by atoms with Crippen molar-refractivity contribution in [2.24, 2.45) is 4.99 Å². The molecule has 1 heterocycles. The van der Waals surface area contributed by atoms with E-state index in [1.54, 1.807) is 19.2 Å². The highest BCUT2D eigenvalue weighted by atomic mass is 127. The van der Waals surface area contributed by atoms with Crippen molar-refractivity contribution in [3.63, 3.8) is 0 Å². The van der Waals surface area contributed by atoms with Gasteiger partial charge < -0.3 is 20.3 Å². The molecule has 1 saturated heterocycles. The van der Waals surface area contributed by atoms with Crippen molar-refractivity contribution in [2.45, 2.75) is 26.1 Å². The van der Waals surface area contributed by atoms with E-state index in [9.17, 15) is 4.39 Å². The summed E-state index contributed by atoms with van der Waals surface area (Å²) in [6.07, 6.45) is -0.0853. The van der Waals surface area contributed by atoms with E-state index in [0.717, 1.165) is 38.7 Å². The van der Waals surface area contributed by atoms with E-state index in [2.05, 4.69) is 56.7 Å². The van der Waals surface area contributed by atoms with Crippen molar-refractivity contribution >= 4 is 29.9 Å². The number of ether oxygens (including phenoxy) is 1. The van der Waals surface area contributed by atoms with Crippen molar-refractivity contribution in [1.29, 1.82) is 0 Å². The number of nitrogens with one attached hydrogen (secondary N) is 2. The first-order valence-corrected chi connectivity index (χ1v) is 10.9. The van der Waals surface area contributed by atoms with Crippen molar-refractivity contribution in [2.75, 3.05) is 46.8 Å². The fourth-order valence-corrected chi connectivity index (χ4v) is 3.46. The van der Waals surface area contributed by atoms with Crippen LogP contribution < -0.4 is 15.4 Å². The maximum Gasteiger partial charge on any atom is 0.191 e. The second kappa shape index (κ2) is 13.6. The van der Waals surface area contributed by atoms with Crippen LogP contribution in [0.25, 0.3) is 0 Å². The van der Waals surface area contributed by atoms with Gasteiger partial charge in [-0.2, -0.15) is 0 Å². The van der Waals surface area contributed by atoms with Gasteiger partial charge in [-0.25, -0.2) is 4.39 Å². The van der Waals surface area contributed by atoms with Crippen LogP contribution in [0, 0.1) is 5.82 Å². The summed E-state index contributed by atoms with van der Waals surface area (Å²) in [6.45, 7) is 8.79. The molecular formula is C24H35FIN5O. The molecular weight excluding hydrogens is 520 g/mol. The number of nitrogens with zero attached hydrogens (tertiary/aromatic N) is 3. The molecule has 1 unspecified atom stereocenters. The van der Waals surface area contributed by atoms with E-state index in [0.29, 0.717) is 18.8 Å². The first-order valence-electron chi connectivity index (χ1n) is 10.9. The lowest BCUT2D eigenvalue weighted by Gasteiger charge is -2.32. The predicted molar refractivity (Wildman–Crippen MR) is 139 cm³/mol. The van der Waals surface area contributed by atoms with E-state index in [1.807, 2.05) is 6.92 Å². The standard InChI is InChI=1S/C24H34FN5O.HI/c1-19(31-23-10-8-22(25)9-11-23)16-27-24(26-2)28-17-20-4-6-21(7-5-20)18-30-14-12-29(3)13-15-30;/h4-11,19H,12-18H2,1-3H3,(H2,26,27,28);1H. The second-order valence-corrected chi connectivity index (χ2v) is 8.08. The fourth-order valence-electron chi connectivity index (χ4n) is 3.46. The van der Waals surface area contributed by atoms with Crippen LogP contribution in [-0.2, 0) is 13.1 Å². The Balaban J connectivity index is 0.00000363. The second-order valence-electron chi connectivity index (χ2n) is 8.08. The monoisotopic (exact) mass is 555 g/mol. The van der Waals surface area contributed by atoms with Crippen LogP contribution in [0.1, 0.15) is 18.1 Å². The van der Waals surface area contributed by atoms with Gasteiger partial charge in [-0.3, -0.25) is 9.89 Å². The lowest BCUT2D eigenvalue weighted by Crippen LogP contribution is -2.43. The third-order valence-corrected chi connectivity index (χ3v) is 5.42. The Morgan fingerprint density at radius 1 is 1.00 bits per heavy atom. The van der Waals surface area contributed by atoms with Gasteiger partial charge in [0, 0.05) is 46.3 Å². The number of likely N-dealkylation sites (N-methyl/N-ethyl adjacent to an activating group) is 1. The third kappa shape index (κ3) is 8.91. The summed E-state index contributed by atoms with van der Waals surface area (Å²) in [5, 5.41) is 6.61. The van der Waals surface area contributed by atoms with Gasteiger partial charge in [0.05, 0.1) is 6.54 Å². The van der Waals surface area contributed by atoms with Gasteiger partial charge in [-0.05, 0) is 49.4 Å². The highest BCUT2D eigenvalue weighted by molar-refractivity contribution is 14.0. The molecule has 2 N–H and O–H groups in total. The number of rotatable bonds is 8. The van der Waals surface area contributed by atoms with Gasteiger partial charge in [0.1, 0.15) is 17.7 Å². The van der Waals surface area contributed by atoms with Crippen LogP contribution >= 0.6 is 24.0 Å². The van der Waals surface area contributed by atoms with Crippen molar-refractivity contribution < 1.29 is 9.13 Å². The molecule has 1 aliphatic rings. The molecule has 0 bridgehead atoms. The number of piperazine rings is 1. The normalized spacial score (nSPS) is 16.2. The highest BCUT2D eigenvalue weighted by Gasteiger charge is 2.13. The molecule has 0 aliphatic carbocycles. The molecule has 0 radical (unpaired) electrons. The highest BCUT2D eigenvalue weighted by Crippen LogP contribution is 2.13. The molecule has 32 heavy (non-hydrogen) atoms. The van der Waals surface area contributed by atoms with E-state index >= 15 is 0 Å². The first kappa shape index (κ1) is 26.3. The van der Waals surface area contributed by atoms with Gasteiger partial charge in [-0.1, -0.05) is 24.3 Å². The Morgan fingerprint density at radius 3 is 2.25 bits per heavy atom. The number of benzene rings is 2. The molecule has 2 aromatic rings. The topological polar surface area (TPSA) is 52.1 Å². The molecule has 8 heteroatoms. The van der Waals surface area contributed by atoms with Gasteiger partial charge in [0.25, 0.3) is 0 Å². The minimum absolute atomic E-state index is 0. The molecule has 0 aromatic heterocycles. The predicted octanol–water partition coefficient (Wildman–Crippen LogP) is 3.32. The molecule has 3 rings (SSSR count). The molecule has 6 nitrogen and oxygen atoms in total. The minimum atomic E-state index is -0.268. The molecule has 0 saturated carbocycles. The summed E-state index contributed by atoms with van der Waals surface area (Å²) < 4.78 is 18.8. The quantitative estimate of drug-likeness (QED) is 0.298. The molecule has 0 spiro atoms. The van der Waals surface area contributed by atoms with Crippen LogP contribution in [0.5, 0.6) is 5.75 Å². The lowest BCUT2D eigenvalue weighted by molar-refractivity contribution is 0.148. The van der Waals surface area contributed by atoms with E-state index in [4.69, 9.17) is 4.74 Å². The number of guanidine groups is 1. The largest absolute Gasteiger partial charge is 0.489 e. The Kier molecular flexibility index (Phi) is 11.2. The molecule has 1 aliphatic heterocycles. The fraction of sp³-hybridized carbons (Fsp3) is 0.458. The van der Waals surface area contributed by atoms with Crippen molar-refractivity contribution in [1.82, 2.24) is 20.4 Å². The lowest BCUT2D eigenvalue weighted by atomic mass is 10.1. The van der Waals surface area contributed by atoms with Gasteiger partial charge in [0.2, 0.25) is 0 Å². The van der Waals surface area contributed by atoms with Gasteiger partial charge in [0.15, 0.2) is 5.96 Å². The molecule has 1 fully saturated rings. The summed E-state index contributed by atoms with van der Waals surface area (Å²) in [5.74, 6) is 1.10. The summed E-state index contributed by atoms with van der Waals surface area (Å²) in [7, 11) is 3.93. The Labute approximate surface area is 208 Å². The van der Waals surface area contributed by atoms with Crippen molar-refractivity contribution in [3.8, 4) is 5.75 Å². The summed E-state index contributed by atoms with van der Waals surface area (Å²) in [5.41, 5.74) is 2.56. The van der Waals surface area contributed by atoms with Crippen LogP contribution in [-0.4, -0.2) is 68.7 Å². The zero-order valence-corrected chi connectivity index (χ0v) is 21.5. The first-order chi connectivity index (χ1) is 15.0. The van der Waals surface area contributed by atoms with Crippen LogP contribution in [0.2, 0.25) is 0 Å². The number of halogens is 2. The molecule has 176 valence electrons. The summed E-state index contributed by atoms with van der Waals surface area (Å²) in [4.78, 5) is 9.16. The Bertz CT molecular complexity index is 823. The summed E-state index contributed by atoms with van der Waals surface area (Å²) in [6, 6.07) is 14.8. The molecule has 2 aromatic carbocycles. The van der Waals surface area contributed by atoms with E-state index in [1.165, 1.54) is 23.3 Å². The maximum absolute atomic E-state index is 13.0. The number of hydrogen-bond donors (Lipinski definition) is 2. The average molecular weight is 555 g/mol. The number of aliphatic imine (C=N–C) groups is 1. The zero-order chi connectivity index (χ0) is 22.1. The van der Waals surface area contributed by atoms with Gasteiger partial charge in [-0.15, -0.1) is 24.0 Å². The average Bonchev–Trinajstić information content (AvgIpc) is 2.78. The molecule has 0 amide bonds. The molecule has 1 atom stereocenters. The van der Waals surface area contributed by atoms with Crippen LogP contribution in [0.3, 0.4) is 0 Å². The Hall–Kier alpha value is -1.91. The van der Waals surface area contributed by atoms with E-state index < -0.39 is 0 Å². The van der Waals surface area contributed by atoms with E-state index in [-0.39, 0.29) is 35.9 Å². The van der Waals surface area contributed by atoms with Crippen molar-refractivity contribution in [3.05, 3.63) is 65.5 Å². The minimum Gasteiger partial charge on any atom is -0.489 e. The van der Waals surface area contributed by atoms with Crippen LogP contribution in [0.4, 0.5) is 4.39 Å². The van der Waals surface area contributed by atoms with Crippen LogP contribution in [0.15, 0.2) is 53.5 Å². The zero-order valence-electron chi connectivity index (χ0n) is 19.2. The smallest absolute Gasteiger partial charge is 0.191 e. The third-order valence-electron chi connectivity index (χ3n) is 5.42. The van der Waals surface area contributed by atoms with Gasteiger partial charge >= 0.3 is 0 Å². The SMILES string of the molecule is CN=C(NCc1ccc(CN2CCN(C)CC2)cc1)NCC(C)Oc1ccc(F)cc1.I.